The molecule has 2 heteroatoms. The minimum Gasteiger partial charge on any atom is -0.192 e. The lowest BCUT2D eigenvalue weighted by Crippen LogP contribution is -1.98. The van der Waals surface area contributed by atoms with E-state index in [1.807, 2.05) is 23.9 Å². The van der Waals surface area contributed by atoms with Gasteiger partial charge >= 0.3 is 0 Å². The van der Waals surface area contributed by atoms with Crippen molar-refractivity contribution >= 4 is 17.3 Å². The summed E-state index contributed by atoms with van der Waals surface area (Å²) in [5.41, 5.74) is 5.64. The zero-order valence-corrected chi connectivity index (χ0v) is 11.5. The van der Waals surface area contributed by atoms with Gasteiger partial charge in [-0.1, -0.05) is 35.9 Å². The molecule has 1 aliphatic rings. The zero-order chi connectivity index (χ0) is 13.2. The molecule has 0 fully saturated rings. The van der Waals surface area contributed by atoms with Gasteiger partial charge in [0.05, 0.1) is 11.6 Å². The van der Waals surface area contributed by atoms with E-state index >= 15 is 0 Å². The van der Waals surface area contributed by atoms with Gasteiger partial charge in [0, 0.05) is 10.6 Å². The van der Waals surface area contributed by atoms with Crippen LogP contribution < -0.4 is 0 Å². The Morgan fingerprint density at radius 3 is 2.84 bits per heavy atom. The summed E-state index contributed by atoms with van der Waals surface area (Å²) in [6, 6.07) is 16.7. The van der Waals surface area contributed by atoms with E-state index in [2.05, 4.69) is 49.4 Å². The first-order valence-electron chi connectivity index (χ1n) is 6.22. The van der Waals surface area contributed by atoms with Gasteiger partial charge in [-0.2, -0.15) is 5.26 Å². The highest BCUT2D eigenvalue weighted by Gasteiger charge is 2.15. The van der Waals surface area contributed by atoms with Gasteiger partial charge in [0.2, 0.25) is 0 Å². The van der Waals surface area contributed by atoms with Crippen LogP contribution in [0.3, 0.4) is 0 Å². The molecule has 0 bridgehead atoms. The van der Waals surface area contributed by atoms with E-state index in [-0.39, 0.29) is 0 Å². The molecule has 0 atom stereocenters. The van der Waals surface area contributed by atoms with Crippen molar-refractivity contribution in [1.82, 2.24) is 0 Å². The standard InChI is InChI=1S/C17H13NS/c1-12-3-2-4-14(9-12)15-7-8-19-17-6-5-13(11-18)10-16(15)17/h2-7,9-10H,8H2,1H3. The largest absolute Gasteiger partial charge is 0.192 e. The smallest absolute Gasteiger partial charge is 0.0991 e. The number of nitriles is 1. The summed E-state index contributed by atoms with van der Waals surface area (Å²) in [5, 5.41) is 9.06. The molecule has 2 aromatic rings. The van der Waals surface area contributed by atoms with Crippen LogP contribution in [-0.4, -0.2) is 5.75 Å². The second-order valence-corrected chi connectivity index (χ2v) is 5.68. The average molecular weight is 263 g/mol. The number of hydrogen-bond acceptors (Lipinski definition) is 2. The Kier molecular flexibility index (Phi) is 3.15. The normalized spacial score (nSPS) is 13.4. The van der Waals surface area contributed by atoms with Crippen molar-refractivity contribution in [1.29, 1.82) is 5.26 Å². The van der Waals surface area contributed by atoms with Crippen LogP contribution in [0.4, 0.5) is 0 Å². The van der Waals surface area contributed by atoms with Crippen molar-refractivity contribution in [3.05, 3.63) is 70.8 Å². The number of nitrogens with zero attached hydrogens (tertiary/aromatic N) is 1. The Morgan fingerprint density at radius 1 is 1.16 bits per heavy atom. The predicted molar refractivity (Wildman–Crippen MR) is 80.1 cm³/mol. The first kappa shape index (κ1) is 12.1. The summed E-state index contributed by atoms with van der Waals surface area (Å²) >= 11 is 1.82. The van der Waals surface area contributed by atoms with E-state index < -0.39 is 0 Å². The molecular weight excluding hydrogens is 250 g/mol. The lowest BCUT2D eigenvalue weighted by atomic mass is 9.95. The van der Waals surface area contributed by atoms with Gasteiger partial charge in [0.25, 0.3) is 0 Å². The quantitative estimate of drug-likeness (QED) is 0.761. The van der Waals surface area contributed by atoms with E-state index in [9.17, 15) is 0 Å². The molecular formula is C17H13NS. The molecule has 19 heavy (non-hydrogen) atoms. The Balaban J connectivity index is 2.15. The molecule has 0 unspecified atom stereocenters. The topological polar surface area (TPSA) is 23.8 Å². The van der Waals surface area contributed by atoms with Gasteiger partial charge in [-0.3, -0.25) is 0 Å². The second-order valence-electron chi connectivity index (χ2n) is 4.62. The summed E-state index contributed by atoms with van der Waals surface area (Å²) in [6.07, 6.45) is 2.25. The van der Waals surface area contributed by atoms with Crippen LogP contribution in [0.15, 0.2) is 53.4 Å². The van der Waals surface area contributed by atoms with Gasteiger partial charge in [0.1, 0.15) is 0 Å². The average Bonchev–Trinajstić information content (AvgIpc) is 2.46. The van der Waals surface area contributed by atoms with Crippen molar-refractivity contribution < 1.29 is 0 Å². The van der Waals surface area contributed by atoms with Gasteiger partial charge in [-0.15, -0.1) is 11.8 Å². The van der Waals surface area contributed by atoms with Crippen LogP contribution in [0.5, 0.6) is 0 Å². The van der Waals surface area contributed by atoms with Crippen LogP contribution in [-0.2, 0) is 0 Å². The predicted octanol–water partition coefficient (Wildman–Crippen LogP) is 4.40. The fourth-order valence-electron chi connectivity index (χ4n) is 2.35. The van der Waals surface area contributed by atoms with E-state index in [0.717, 1.165) is 11.3 Å². The molecule has 0 radical (unpaired) electrons. The summed E-state index contributed by atoms with van der Waals surface area (Å²) in [4.78, 5) is 1.26. The van der Waals surface area contributed by atoms with Crippen molar-refractivity contribution in [3.8, 4) is 6.07 Å². The molecule has 0 spiro atoms. The maximum absolute atomic E-state index is 9.06. The molecule has 1 nitrogen and oxygen atoms in total. The van der Waals surface area contributed by atoms with Gasteiger partial charge in [-0.05, 0) is 41.8 Å². The number of hydrogen-bond donors (Lipinski definition) is 0. The highest BCUT2D eigenvalue weighted by atomic mass is 32.2. The van der Waals surface area contributed by atoms with Crippen molar-refractivity contribution in [3.63, 3.8) is 0 Å². The van der Waals surface area contributed by atoms with Crippen LogP contribution in [0, 0.1) is 18.3 Å². The van der Waals surface area contributed by atoms with E-state index in [0.29, 0.717) is 0 Å². The molecule has 0 saturated heterocycles. The lowest BCUT2D eigenvalue weighted by molar-refractivity contribution is 1.33. The van der Waals surface area contributed by atoms with Crippen molar-refractivity contribution in [2.75, 3.05) is 5.75 Å². The van der Waals surface area contributed by atoms with Gasteiger partial charge < -0.3 is 0 Å². The Morgan fingerprint density at radius 2 is 2.05 bits per heavy atom. The number of thioether (sulfide) groups is 1. The number of aryl methyl sites for hydroxylation is 1. The molecule has 3 rings (SSSR count). The van der Waals surface area contributed by atoms with Crippen LogP contribution in [0.25, 0.3) is 5.57 Å². The van der Waals surface area contributed by atoms with E-state index in [1.165, 1.54) is 27.2 Å². The Hall–Kier alpha value is -1.98. The van der Waals surface area contributed by atoms with Crippen LogP contribution >= 0.6 is 11.8 Å². The summed E-state index contributed by atoms with van der Waals surface area (Å²) in [5.74, 6) is 0.988. The molecule has 1 aliphatic heterocycles. The van der Waals surface area contributed by atoms with Crippen molar-refractivity contribution in [2.24, 2.45) is 0 Å². The van der Waals surface area contributed by atoms with Crippen molar-refractivity contribution in [2.45, 2.75) is 11.8 Å². The third-order valence-corrected chi connectivity index (χ3v) is 4.25. The van der Waals surface area contributed by atoms with Crippen LogP contribution in [0.2, 0.25) is 0 Å². The molecule has 0 aliphatic carbocycles. The highest BCUT2D eigenvalue weighted by molar-refractivity contribution is 7.99. The fraction of sp³-hybridized carbons (Fsp3) is 0.118. The minimum absolute atomic E-state index is 0.722. The third kappa shape index (κ3) is 2.30. The Labute approximate surface area is 117 Å². The maximum atomic E-state index is 9.06. The number of fused-ring (bicyclic) bond motifs is 1. The van der Waals surface area contributed by atoms with Gasteiger partial charge in [0.15, 0.2) is 0 Å². The summed E-state index contributed by atoms with van der Waals surface area (Å²) in [7, 11) is 0. The monoisotopic (exact) mass is 263 g/mol. The summed E-state index contributed by atoms with van der Waals surface area (Å²) in [6.45, 7) is 2.11. The second kappa shape index (κ2) is 4.95. The molecule has 0 amide bonds. The molecule has 0 aromatic heterocycles. The van der Waals surface area contributed by atoms with E-state index in [4.69, 9.17) is 5.26 Å². The summed E-state index contributed by atoms with van der Waals surface area (Å²) < 4.78 is 0. The first-order chi connectivity index (χ1) is 9.28. The minimum atomic E-state index is 0.722. The molecule has 92 valence electrons. The first-order valence-corrected chi connectivity index (χ1v) is 7.21. The lowest BCUT2D eigenvalue weighted by Gasteiger charge is -2.18. The van der Waals surface area contributed by atoms with E-state index in [1.54, 1.807) is 0 Å². The van der Waals surface area contributed by atoms with Crippen LogP contribution in [0.1, 0.15) is 22.3 Å². The number of benzene rings is 2. The number of rotatable bonds is 1. The fourth-order valence-corrected chi connectivity index (χ4v) is 3.26. The molecule has 2 aromatic carbocycles. The third-order valence-electron chi connectivity index (χ3n) is 3.25. The molecule has 1 heterocycles. The molecule has 0 saturated carbocycles. The zero-order valence-electron chi connectivity index (χ0n) is 10.7. The maximum Gasteiger partial charge on any atom is 0.0991 e. The molecule has 0 N–H and O–H groups in total. The SMILES string of the molecule is Cc1cccc(C2=CCSc3ccc(C#N)cc32)c1. The van der Waals surface area contributed by atoms with Gasteiger partial charge in [-0.25, -0.2) is 0 Å². The highest BCUT2D eigenvalue weighted by Crippen LogP contribution is 2.37. The Bertz CT molecular complexity index is 707.